The van der Waals surface area contributed by atoms with Crippen molar-refractivity contribution in [2.45, 2.75) is 31.4 Å². The van der Waals surface area contributed by atoms with Crippen LogP contribution in [0, 0.1) is 0 Å². The zero-order valence-corrected chi connectivity index (χ0v) is 19.1. The lowest BCUT2D eigenvalue weighted by molar-refractivity contribution is -0.193. The van der Waals surface area contributed by atoms with E-state index in [1.165, 1.54) is 11.1 Å². The Bertz CT molecular complexity index is 929. The summed E-state index contributed by atoms with van der Waals surface area (Å²) in [5.74, 6) is -4.59. The highest BCUT2D eigenvalue weighted by atomic mass is 19.4. The first-order chi connectivity index (χ1) is 16.7. The van der Waals surface area contributed by atoms with Crippen molar-refractivity contribution < 1.29 is 51.3 Å². The Morgan fingerprint density at radius 1 is 1.06 bits per heavy atom. The topological polar surface area (TPSA) is 130 Å². The van der Waals surface area contributed by atoms with Crippen LogP contribution in [0.4, 0.5) is 26.3 Å². The number of nitrogens with one attached hydrogen (secondary N) is 1. The number of aromatic amines is 1. The maximum Gasteiger partial charge on any atom is 0.490 e. The average molecular weight is 528 g/mol. The van der Waals surface area contributed by atoms with Crippen LogP contribution in [0.5, 0.6) is 0 Å². The molecule has 1 saturated heterocycles. The molecule has 1 aliphatic heterocycles. The summed E-state index contributed by atoms with van der Waals surface area (Å²) >= 11 is 0. The van der Waals surface area contributed by atoms with Gasteiger partial charge >= 0.3 is 24.3 Å². The van der Waals surface area contributed by atoms with Gasteiger partial charge in [-0.1, -0.05) is 24.3 Å². The molecule has 15 heteroatoms. The van der Waals surface area contributed by atoms with E-state index in [-0.39, 0.29) is 6.61 Å². The van der Waals surface area contributed by atoms with Crippen molar-refractivity contribution in [3.8, 4) is 11.4 Å². The van der Waals surface area contributed by atoms with Crippen LogP contribution in [0.15, 0.2) is 36.7 Å². The van der Waals surface area contributed by atoms with Gasteiger partial charge in [-0.2, -0.15) is 26.3 Å². The molecule has 2 heterocycles. The first kappa shape index (κ1) is 30.9. The van der Waals surface area contributed by atoms with Gasteiger partial charge < -0.3 is 25.2 Å². The second kappa shape index (κ2) is 13.8. The fourth-order valence-corrected chi connectivity index (χ4v) is 3.16. The Balaban J connectivity index is 0.000000383. The van der Waals surface area contributed by atoms with E-state index in [2.05, 4.69) is 51.1 Å². The number of aliphatic hydroxyl groups excluding tert-OH is 1. The monoisotopic (exact) mass is 528 g/mol. The zero-order valence-electron chi connectivity index (χ0n) is 19.1. The molecule has 4 N–H and O–H groups in total. The second-order valence-electron chi connectivity index (χ2n) is 7.58. The zero-order chi connectivity index (χ0) is 27.5. The molecular weight excluding hydrogens is 502 g/mol. The summed E-state index contributed by atoms with van der Waals surface area (Å²) in [6.07, 6.45) is -5.68. The summed E-state index contributed by atoms with van der Waals surface area (Å²) in [6.45, 7) is 4.29. The maximum absolute atomic E-state index is 10.6. The number of H-pyrrole nitrogens is 1. The van der Waals surface area contributed by atoms with E-state index in [9.17, 15) is 31.4 Å². The van der Waals surface area contributed by atoms with Crippen molar-refractivity contribution in [1.82, 2.24) is 19.8 Å². The third-order valence-corrected chi connectivity index (χ3v) is 4.97. The minimum Gasteiger partial charge on any atom is -0.475 e. The Morgan fingerprint density at radius 3 is 2.08 bits per heavy atom. The van der Waals surface area contributed by atoms with Crippen LogP contribution in [-0.4, -0.2) is 98.7 Å². The van der Waals surface area contributed by atoms with Crippen LogP contribution in [0.3, 0.4) is 0 Å². The Hall–Kier alpha value is -3.17. The predicted molar refractivity (Wildman–Crippen MR) is 115 cm³/mol. The van der Waals surface area contributed by atoms with E-state index in [1.807, 2.05) is 6.20 Å². The highest BCUT2D eigenvalue weighted by Crippen LogP contribution is 2.23. The van der Waals surface area contributed by atoms with Crippen LogP contribution in [0.2, 0.25) is 0 Å². The number of rotatable bonds is 5. The van der Waals surface area contributed by atoms with E-state index in [0.717, 1.165) is 38.4 Å². The lowest BCUT2D eigenvalue weighted by Crippen LogP contribution is -2.51. The summed E-state index contributed by atoms with van der Waals surface area (Å²) in [6, 6.07) is 8.88. The number of carbonyl (C=O) groups is 2. The first-order valence-corrected chi connectivity index (χ1v) is 10.4. The van der Waals surface area contributed by atoms with Crippen LogP contribution in [0.1, 0.15) is 12.0 Å². The van der Waals surface area contributed by atoms with E-state index in [0.29, 0.717) is 6.04 Å². The summed E-state index contributed by atoms with van der Waals surface area (Å²) in [5, 5.41) is 23.5. The summed E-state index contributed by atoms with van der Waals surface area (Å²) in [5.41, 5.74) is 2.47. The minimum absolute atomic E-state index is 0.256. The summed E-state index contributed by atoms with van der Waals surface area (Å²) in [4.78, 5) is 30.2. The fourth-order valence-electron chi connectivity index (χ4n) is 3.16. The molecule has 0 saturated carbocycles. The molecule has 1 unspecified atom stereocenters. The van der Waals surface area contributed by atoms with Crippen LogP contribution < -0.4 is 0 Å². The SMILES string of the molecule is CN1CCN(Cc2ccccc2-c2ncc[nH]2)CC1CCO.O=C(O)C(F)(F)F.O=C(O)C(F)(F)F. The van der Waals surface area contributed by atoms with E-state index in [1.54, 1.807) is 6.20 Å². The van der Waals surface area contributed by atoms with Crippen LogP contribution in [-0.2, 0) is 16.1 Å². The lowest BCUT2D eigenvalue weighted by Gasteiger charge is -2.39. The molecule has 36 heavy (non-hydrogen) atoms. The number of benzene rings is 1. The first-order valence-electron chi connectivity index (χ1n) is 10.4. The Morgan fingerprint density at radius 2 is 1.61 bits per heavy atom. The van der Waals surface area contributed by atoms with Gasteiger partial charge in [0.2, 0.25) is 0 Å². The molecule has 0 spiro atoms. The highest BCUT2D eigenvalue weighted by Gasteiger charge is 2.38. The molecule has 1 aromatic carbocycles. The number of nitrogens with zero attached hydrogens (tertiary/aromatic N) is 3. The van der Waals surface area contributed by atoms with Gasteiger partial charge in [0.1, 0.15) is 5.82 Å². The lowest BCUT2D eigenvalue weighted by atomic mass is 10.0. The number of carboxylic acids is 2. The third-order valence-electron chi connectivity index (χ3n) is 4.97. The molecule has 1 fully saturated rings. The van der Waals surface area contributed by atoms with Gasteiger partial charge in [0.05, 0.1) is 0 Å². The summed E-state index contributed by atoms with van der Waals surface area (Å²) < 4.78 is 63.5. The van der Waals surface area contributed by atoms with Crippen molar-refractivity contribution in [3.05, 3.63) is 42.2 Å². The fraction of sp³-hybridized carbons (Fsp3) is 0.476. The van der Waals surface area contributed by atoms with E-state index in [4.69, 9.17) is 19.8 Å². The number of aromatic nitrogens is 2. The number of carboxylic acid groups (broad SMARTS) is 2. The normalized spacial score (nSPS) is 16.8. The predicted octanol–water partition coefficient (Wildman–Crippen LogP) is 2.84. The smallest absolute Gasteiger partial charge is 0.475 e. The van der Waals surface area contributed by atoms with Crippen LogP contribution >= 0.6 is 0 Å². The number of hydrogen-bond acceptors (Lipinski definition) is 6. The molecule has 3 rings (SSSR count). The van der Waals surface area contributed by atoms with Gasteiger partial charge in [-0.15, -0.1) is 0 Å². The number of imidazole rings is 1. The number of aliphatic carboxylic acids is 2. The van der Waals surface area contributed by atoms with Gasteiger partial charge in [-0.3, -0.25) is 4.90 Å². The Labute approximate surface area is 202 Å². The van der Waals surface area contributed by atoms with Crippen molar-refractivity contribution in [2.75, 3.05) is 33.3 Å². The molecule has 0 bridgehead atoms. The van der Waals surface area contributed by atoms with E-state index >= 15 is 0 Å². The molecule has 2 aromatic rings. The maximum atomic E-state index is 10.6. The minimum atomic E-state index is -5.08. The van der Waals surface area contributed by atoms with Gasteiger partial charge in [-0.05, 0) is 19.0 Å². The Kier molecular flexibility index (Phi) is 11.8. The van der Waals surface area contributed by atoms with Crippen molar-refractivity contribution in [2.24, 2.45) is 0 Å². The molecule has 202 valence electrons. The van der Waals surface area contributed by atoms with Crippen molar-refractivity contribution >= 4 is 11.9 Å². The molecule has 9 nitrogen and oxygen atoms in total. The highest BCUT2D eigenvalue weighted by molar-refractivity contribution is 5.73. The third kappa shape index (κ3) is 10.6. The summed E-state index contributed by atoms with van der Waals surface area (Å²) in [7, 11) is 2.15. The van der Waals surface area contributed by atoms with Crippen molar-refractivity contribution in [1.29, 1.82) is 0 Å². The van der Waals surface area contributed by atoms with Crippen LogP contribution in [0.25, 0.3) is 11.4 Å². The van der Waals surface area contributed by atoms with Gasteiger partial charge in [0.15, 0.2) is 0 Å². The van der Waals surface area contributed by atoms with Gasteiger partial charge in [0.25, 0.3) is 0 Å². The quantitative estimate of drug-likeness (QED) is 0.436. The molecule has 0 aliphatic carbocycles. The largest absolute Gasteiger partial charge is 0.490 e. The van der Waals surface area contributed by atoms with E-state index < -0.39 is 24.3 Å². The standard InChI is InChI=1S/C17H24N4O.2C2HF3O2/c1-20-9-10-21(13-15(20)6-11-22)12-14-4-2-3-5-16(14)17-18-7-8-19-17;2*3-2(4,5)1(6)7/h2-5,7-8,15,22H,6,9-13H2,1H3,(H,18,19);2*(H,6,7). The number of likely N-dealkylation sites (N-methyl/N-ethyl adjacent to an activating group) is 1. The molecule has 1 atom stereocenters. The average Bonchev–Trinajstić information content (AvgIpc) is 3.31. The number of piperazine rings is 1. The molecule has 1 aromatic heterocycles. The molecule has 1 aliphatic rings. The molecular formula is C21H26F6N4O5. The number of aliphatic hydroxyl groups is 1. The second-order valence-corrected chi connectivity index (χ2v) is 7.58. The van der Waals surface area contributed by atoms with Gasteiger partial charge in [0, 0.05) is 56.8 Å². The van der Waals surface area contributed by atoms with Crippen molar-refractivity contribution in [3.63, 3.8) is 0 Å². The molecule has 0 radical (unpaired) electrons. The number of alkyl halides is 6. The van der Waals surface area contributed by atoms with Gasteiger partial charge in [-0.25, -0.2) is 14.6 Å². The number of halogens is 6. The molecule has 0 amide bonds. The number of hydrogen-bond donors (Lipinski definition) is 4.